The van der Waals surface area contributed by atoms with Crippen molar-refractivity contribution in [3.05, 3.63) is 0 Å². The Morgan fingerprint density at radius 3 is 2.28 bits per heavy atom. The van der Waals surface area contributed by atoms with Crippen LogP contribution in [0.5, 0.6) is 0 Å². The lowest BCUT2D eigenvalue weighted by Gasteiger charge is -2.23. The second kappa shape index (κ2) is 6.77. The zero-order chi connectivity index (χ0) is 14.0. The summed E-state index contributed by atoms with van der Waals surface area (Å²) in [5.41, 5.74) is 0. The van der Waals surface area contributed by atoms with Crippen LogP contribution in [0.15, 0.2) is 0 Å². The first-order valence-electron chi connectivity index (χ1n) is 5.89. The molecule has 104 valence electrons. The molecule has 0 aromatic heterocycles. The molecule has 0 aromatic carbocycles. The lowest BCUT2D eigenvalue weighted by molar-refractivity contribution is 0.211. The first-order valence-corrected chi connectivity index (χ1v) is 11.6. The molecule has 0 saturated heterocycles. The van der Waals surface area contributed by atoms with Gasteiger partial charge in [0.1, 0.15) is 0 Å². The maximum Gasteiger partial charge on any atom is 0.195 e. The van der Waals surface area contributed by atoms with Crippen molar-refractivity contribution in [1.82, 2.24) is 0 Å². The summed E-state index contributed by atoms with van der Waals surface area (Å²) in [5.74, 6) is 0.567. The summed E-state index contributed by atoms with van der Waals surface area (Å²) < 4.78 is 5.34. The first-order chi connectivity index (χ1) is 8.13. The maximum atomic E-state index is 9.85. The Morgan fingerprint density at radius 2 is 1.78 bits per heavy atom. The van der Waals surface area contributed by atoms with Crippen LogP contribution in [0.2, 0.25) is 5.82 Å². The third-order valence-electron chi connectivity index (χ3n) is 3.26. The van der Waals surface area contributed by atoms with Gasteiger partial charge in [0, 0.05) is 0 Å². The van der Waals surface area contributed by atoms with Gasteiger partial charge in [0.25, 0.3) is 0 Å². The van der Waals surface area contributed by atoms with Crippen molar-refractivity contribution >= 4 is 44.4 Å². The Bertz CT molecular complexity index is 376. The van der Waals surface area contributed by atoms with Gasteiger partial charge in [0.05, 0.1) is 20.4 Å². The van der Waals surface area contributed by atoms with Gasteiger partial charge in [-0.15, -0.1) is 0 Å². The standard InChI is InChI=1S/C9H19BO4P2S2/c1-2-7-3-9(10)4-8(7)5-14-16(13,18)6-15(11,12)17/h7-9H,2-6H2,1H3,(H,13,18)(H2,11,12,17)/t7-,8-,9+,16?/m1/s1. The van der Waals surface area contributed by atoms with E-state index in [-0.39, 0.29) is 17.6 Å². The van der Waals surface area contributed by atoms with Crippen molar-refractivity contribution in [2.75, 3.05) is 12.5 Å². The molecule has 0 bridgehead atoms. The van der Waals surface area contributed by atoms with Gasteiger partial charge < -0.3 is 19.2 Å². The molecule has 0 amide bonds. The molecule has 3 N–H and O–H groups in total. The number of rotatable bonds is 6. The highest BCUT2D eigenvalue weighted by molar-refractivity contribution is 8.18. The molecule has 0 spiro atoms. The summed E-state index contributed by atoms with van der Waals surface area (Å²) in [7, 11) is 5.91. The van der Waals surface area contributed by atoms with Gasteiger partial charge in [-0.3, -0.25) is 0 Å². The maximum absolute atomic E-state index is 9.85. The zero-order valence-corrected chi connectivity index (χ0v) is 13.7. The fourth-order valence-electron chi connectivity index (χ4n) is 2.45. The highest BCUT2D eigenvalue weighted by Crippen LogP contribution is 2.56. The smallest absolute Gasteiger partial charge is 0.195 e. The molecule has 18 heavy (non-hydrogen) atoms. The molecule has 1 saturated carbocycles. The predicted octanol–water partition coefficient (Wildman–Crippen LogP) is 1.95. The molecule has 0 aromatic rings. The van der Waals surface area contributed by atoms with E-state index in [0.717, 1.165) is 19.3 Å². The van der Waals surface area contributed by atoms with E-state index in [4.69, 9.17) is 34.0 Å². The van der Waals surface area contributed by atoms with Crippen molar-refractivity contribution in [1.29, 1.82) is 0 Å². The molecule has 1 aliphatic carbocycles. The zero-order valence-electron chi connectivity index (χ0n) is 10.3. The van der Waals surface area contributed by atoms with Crippen LogP contribution in [0, 0.1) is 11.8 Å². The van der Waals surface area contributed by atoms with Crippen LogP contribution in [0.1, 0.15) is 26.2 Å². The molecule has 0 heterocycles. The molecule has 1 fully saturated rings. The summed E-state index contributed by atoms with van der Waals surface area (Å²) in [4.78, 5) is 28.2. The summed E-state index contributed by atoms with van der Waals surface area (Å²) >= 11 is 9.35. The third kappa shape index (κ3) is 6.10. The molecule has 4 atom stereocenters. The van der Waals surface area contributed by atoms with Gasteiger partial charge in [-0.1, -0.05) is 32.0 Å². The fraction of sp³-hybridized carbons (Fsp3) is 1.00. The topological polar surface area (TPSA) is 69.9 Å². The van der Waals surface area contributed by atoms with Gasteiger partial charge in [-0.2, -0.15) is 0 Å². The van der Waals surface area contributed by atoms with E-state index in [1.165, 1.54) is 0 Å². The Morgan fingerprint density at radius 1 is 1.22 bits per heavy atom. The molecule has 1 unspecified atom stereocenters. The molecule has 2 radical (unpaired) electrons. The predicted molar refractivity (Wildman–Crippen MR) is 82.1 cm³/mol. The lowest BCUT2D eigenvalue weighted by atomic mass is 9.85. The summed E-state index contributed by atoms with van der Waals surface area (Å²) in [6.07, 6.45) is 2.85. The monoisotopic (exact) mass is 328 g/mol. The van der Waals surface area contributed by atoms with E-state index in [2.05, 4.69) is 18.7 Å². The fourth-order valence-corrected chi connectivity index (χ4v) is 8.76. The SMILES string of the molecule is [B][C@H]1C[C@@H](CC)[C@@H](COP(O)(=S)CP(O)(O)=S)C1. The van der Waals surface area contributed by atoms with Crippen molar-refractivity contribution in [3.63, 3.8) is 0 Å². The largest absolute Gasteiger partial charge is 0.345 e. The van der Waals surface area contributed by atoms with Crippen molar-refractivity contribution in [2.45, 2.75) is 32.0 Å². The quantitative estimate of drug-likeness (QED) is 0.511. The van der Waals surface area contributed by atoms with E-state index < -0.39 is 13.0 Å². The lowest BCUT2D eigenvalue weighted by Crippen LogP contribution is -2.13. The van der Waals surface area contributed by atoms with Crippen molar-refractivity contribution < 1.29 is 19.2 Å². The molecule has 1 aliphatic rings. The molecule has 0 aliphatic heterocycles. The molecule has 4 nitrogen and oxygen atoms in total. The minimum atomic E-state index is -3.50. The minimum Gasteiger partial charge on any atom is -0.345 e. The number of hydrogen-bond donors (Lipinski definition) is 3. The van der Waals surface area contributed by atoms with E-state index in [1.807, 2.05) is 0 Å². The third-order valence-corrected chi connectivity index (χ3v) is 9.11. The average Bonchev–Trinajstić information content (AvgIpc) is 2.52. The Labute approximate surface area is 120 Å². The highest BCUT2D eigenvalue weighted by atomic mass is 32.5. The van der Waals surface area contributed by atoms with Crippen LogP contribution in [0.3, 0.4) is 0 Å². The van der Waals surface area contributed by atoms with Gasteiger partial charge in [-0.25, -0.2) is 0 Å². The summed E-state index contributed by atoms with van der Waals surface area (Å²) in [5, 5.41) is 0. The van der Waals surface area contributed by atoms with Crippen molar-refractivity contribution in [3.8, 4) is 0 Å². The Hall–Kier alpha value is 1.20. The molecular weight excluding hydrogens is 309 g/mol. The molecule has 1 rings (SSSR count). The van der Waals surface area contributed by atoms with E-state index >= 15 is 0 Å². The van der Waals surface area contributed by atoms with Crippen LogP contribution >= 0.6 is 13.0 Å². The van der Waals surface area contributed by atoms with Crippen molar-refractivity contribution in [2.24, 2.45) is 11.8 Å². The van der Waals surface area contributed by atoms with Gasteiger partial charge in [-0.05, 0) is 35.4 Å². The van der Waals surface area contributed by atoms with E-state index in [9.17, 15) is 4.89 Å². The van der Waals surface area contributed by atoms with E-state index in [1.54, 1.807) is 0 Å². The normalized spacial score (nSPS) is 32.3. The van der Waals surface area contributed by atoms with E-state index in [0.29, 0.717) is 12.5 Å². The minimum absolute atomic E-state index is 0.182. The molecular formula is C9H19BO4P2S2. The highest BCUT2D eigenvalue weighted by Gasteiger charge is 2.32. The molecule has 9 heteroatoms. The van der Waals surface area contributed by atoms with Gasteiger partial charge in [0.2, 0.25) is 0 Å². The second-order valence-electron chi connectivity index (χ2n) is 4.90. The van der Waals surface area contributed by atoms with Gasteiger partial charge in [0.15, 0.2) is 13.0 Å². The van der Waals surface area contributed by atoms with Crippen LogP contribution in [0.4, 0.5) is 0 Å². The van der Waals surface area contributed by atoms with Crippen LogP contribution < -0.4 is 0 Å². The van der Waals surface area contributed by atoms with Crippen LogP contribution in [-0.2, 0) is 28.1 Å². The van der Waals surface area contributed by atoms with Crippen LogP contribution in [0.25, 0.3) is 0 Å². The van der Waals surface area contributed by atoms with Crippen LogP contribution in [-0.4, -0.2) is 35.0 Å². The Balaban J connectivity index is 2.49. The second-order valence-corrected chi connectivity index (χ2v) is 12.4. The Kier molecular flexibility index (Phi) is 6.49. The summed E-state index contributed by atoms with van der Waals surface area (Å²) in [6.45, 7) is -4.26. The number of hydrogen-bond acceptors (Lipinski definition) is 3. The summed E-state index contributed by atoms with van der Waals surface area (Å²) in [6, 6.07) is 0. The first kappa shape index (κ1) is 17.3. The van der Waals surface area contributed by atoms with Gasteiger partial charge >= 0.3 is 0 Å². The average molecular weight is 328 g/mol.